The fraction of sp³-hybridized carbons (Fsp3) is 0.667. The van der Waals surface area contributed by atoms with Gasteiger partial charge in [-0.25, -0.2) is 0 Å². The van der Waals surface area contributed by atoms with Crippen LogP contribution in [0.3, 0.4) is 0 Å². The highest BCUT2D eigenvalue weighted by Crippen LogP contribution is 2.19. The molecule has 0 bridgehead atoms. The van der Waals surface area contributed by atoms with Gasteiger partial charge in [0.1, 0.15) is 0 Å². The molecule has 2 heterocycles. The van der Waals surface area contributed by atoms with E-state index in [4.69, 9.17) is 0 Å². The normalized spacial score (nSPS) is 28.2. The molecular formula is C12H20N2S. The number of piperazine rings is 1. The molecule has 1 N–H and O–H groups in total. The Bertz CT molecular complexity index is 311. The van der Waals surface area contributed by atoms with E-state index in [1.165, 1.54) is 23.5 Å². The molecule has 84 valence electrons. The molecular weight excluding hydrogens is 204 g/mol. The Morgan fingerprint density at radius 1 is 1.40 bits per heavy atom. The van der Waals surface area contributed by atoms with Crippen LogP contribution in [-0.4, -0.2) is 30.1 Å². The van der Waals surface area contributed by atoms with Gasteiger partial charge in [0, 0.05) is 36.6 Å². The van der Waals surface area contributed by atoms with Crippen LogP contribution < -0.4 is 5.32 Å². The van der Waals surface area contributed by atoms with Crippen molar-refractivity contribution < 1.29 is 0 Å². The summed E-state index contributed by atoms with van der Waals surface area (Å²) in [6, 6.07) is 3.46. The summed E-state index contributed by atoms with van der Waals surface area (Å²) >= 11 is 1.88. The quantitative estimate of drug-likeness (QED) is 0.829. The zero-order valence-electron chi connectivity index (χ0n) is 9.79. The van der Waals surface area contributed by atoms with Crippen molar-refractivity contribution in [3.63, 3.8) is 0 Å². The second-order valence-electron chi connectivity index (χ2n) is 4.69. The first-order chi connectivity index (χ1) is 7.15. The van der Waals surface area contributed by atoms with E-state index in [2.05, 4.69) is 42.4 Å². The number of aryl methyl sites for hydroxylation is 1. The van der Waals surface area contributed by atoms with Crippen LogP contribution in [0.4, 0.5) is 0 Å². The highest BCUT2D eigenvalue weighted by atomic mass is 32.1. The number of thiophene rings is 1. The first-order valence-corrected chi connectivity index (χ1v) is 6.54. The third-order valence-electron chi connectivity index (χ3n) is 2.97. The number of hydrogen-bond donors (Lipinski definition) is 1. The van der Waals surface area contributed by atoms with Gasteiger partial charge < -0.3 is 5.32 Å². The smallest absolute Gasteiger partial charge is 0.0331 e. The Hall–Kier alpha value is -0.380. The third-order valence-corrected chi connectivity index (χ3v) is 3.98. The van der Waals surface area contributed by atoms with Crippen LogP contribution in [0.15, 0.2) is 11.4 Å². The fourth-order valence-corrected chi connectivity index (χ4v) is 3.29. The molecule has 1 fully saturated rings. The lowest BCUT2D eigenvalue weighted by molar-refractivity contribution is 0.167. The highest BCUT2D eigenvalue weighted by Gasteiger charge is 2.21. The summed E-state index contributed by atoms with van der Waals surface area (Å²) in [5.41, 5.74) is 1.44. The summed E-state index contributed by atoms with van der Waals surface area (Å²) in [6.07, 6.45) is 0. The van der Waals surface area contributed by atoms with Crippen molar-refractivity contribution in [1.82, 2.24) is 10.2 Å². The maximum absolute atomic E-state index is 3.57. The van der Waals surface area contributed by atoms with Crippen LogP contribution in [0.5, 0.6) is 0 Å². The van der Waals surface area contributed by atoms with Gasteiger partial charge in [0.25, 0.3) is 0 Å². The number of hydrogen-bond acceptors (Lipinski definition) is 3. The molecule has 2 atom stereocenters. The summed E-state index contributed by atoms with van der Waals surface area (Å²) in [5, 5.41) is 5.76. The van der Waals surface area contributed by atoms with E-state index in [0.717, 1.165) is 6.54 Å². The summed E-state index contributed by atoms with van der Waals surface area (Å²) in [5.74, 6) is 0. The maximum atomic E-state index is 3.57. The Kier molecular flexibility index (Phi) is 3.44. The van der Waals surface area contributed by atoms with Crippen molar-refractivity contribution in [2.24, 2.45) is 0 Å². The van der Waals surface area contributed by atoms with Gasteiger partial charge in [-0.2, -0.15) is 0 Å². The lowest BCUT2D eigenvalue weighted by Gasteiger charge is -2.36. The average molecular weight is 224 g/mol. The van der Waals surface area contributed by atoms with E-state index >= 15 is 0 Å². The van der Waals surface area contributed by atoms with Gasteiger partial charge in [0.15, 0.2) is 0 Å². The standard InChI is InChI=1S/C12H20N2S/c1-9-4-5-15-12(9)8-14-6-10(2)13-11(3)7-14/h4-5,10-11,13H,6-8H2,1-3H3. The monoisotopic (exact) mass is 224 g/mol. The van der Waals surface area contributed by atoms with Crippen molar-refractivity contribution in [3.8, 4) is 0 Å². The van der Waals surface area contributed by atoms with Gasteiger partial charge in [-0.05, 0) is 37.8 Å². The van der Waals surface area contributed by atoms with Crippen LogP contribution in [0.25, 0.3) is 0 Å². The van der Waals surface area contributed by atoms with Crippen LogP contribution in [0, 0.1) is 6.92 Å². The zero-order chi connectivity index (χ0) is 10.8. The van der Waals surface area contributed by atoms with Crippen molar-refractivity contribution in [3.05, 3.63) is 21.9 Å². The summed E-state index contributed by atoms with van der Waals surface area (Å²) < 4.78 is 0. The summed E-state index contributed by atoms with van der Waals surface area (Å²) in [6.45, 7) is 10.2. The fourth-order valence-electron chi connectivity index (χ4n) is 2.34. The molecule has 0 aromatic carbocycles. The maximum Gasteiger partial charge on any atom is 0.0331 e. The zero-order valence-corrected chi connectivity index (χ0v) is 10.6. The minimum Gasteiger partial charge on any atom is -0.309 e. The highest BCUT2D eigenvalue weighted by molar-refractivity contribution is 7.10. The molecule has 2 rings (SSSR count). The molecule has 15 heavy (non-hydrogen) atoms. The van der Waals surface area contributed by atoms with Crippen LogP contribution in [-0.2, 0) is 6.54 Å². The van der Waals surface area contributed by atoms with Crippen LogP contribution in [0.1, 0.15) is 24.3 Å². The molecule has 0 radical (unpaired) electrons. The largest absolute Gasteiger partial charge is 0.309 e. The van der Waals surface area contributed by atoms with Gasteiger partial charge in [0.05, 0.1) is 0 Å². The summed E-state index contributed by atoms with van der Waals surface area (Å²) in [7, 11) is 0. The first-order valence-electron chi connectivity index (χ1n) is 5.66. The topological polar surface area (TPSA) is 15.3 Å². The van der Waals surface area contributed by atoms with E-state index < -0.39 is 0 Å². The lowest BCUT2D eigenvalue weighted by atomic mass is 10.1. The van der Waals surface area contributed by atoms with E-state index in [9.17, 15) is 0 Å². The first kappa shape index (κ1) is 11.1. The molecule has 1 aliphatic heterocycles. The predicted molar refractivity (Wildman–Crippen MR) is 66.4 cm³/mol. The molecule has 0 saturated carbocycles. The third kappa shape index (κ3) is 2.80. The van der Waals surface area contributed by atoms with Gasteiger partial charge in [-0.1, -0.05) is 0 Å². The number of nitrogens with one attached hydrogen (secondary N) is 1. The lowest BCUT2D eigenvalue weighted by Crippen LogP contribution is -2.53. The second kappa shape index (κ2) is 4.64. The molecule has 1 aromatic heterocycles. The number of nitrogens with zero attached hydrogens (tertiary/aromatic N) is 1. The molecule has 0 amide bonds. The Labute approximate surface area is 96.3 Å². The van der Waals surface area contributed by atoms with Crippen molar-refractivity contribution >= 4 is 11.3 Å². The van der Waals surface area contributed by atoms with Gasteiger partial charge in [0.2, 0.25) is 0 Å². The Morgan fingerprint density at radius 3 is 2.60 bits per heavy atom. The molecule has 1 aromatic rings. The minimum atomic E-state index is 0.619. The molecule has 2 unspecified atom stereocenters. The van der Waals surface area contributed by atoms with Crippen molar-refractivity contribution in [2.45, 2.75) is 39.4 Å². The van der Waals surface area contributed by atoms with E-state index in [1.54, 1.807) is 0 Å². The van der Waals surface area contributed by atoms with Gasteiger partial charge in [-0.15, -0.1) is 11.3 Å². The SMILES string of the molecule is Cc1ccsc1CN1CC(C)NC(C)C1. The molecule has 1 aliphatic rings. The predicted octanol–water partition coefficient (Wildman–Crippen LogP) is 2.24. The summed E-state index contributed by atoms with van der Waals surface area (Å²) in [4.78, 5) is 4.08. The van der Waals surface area contributed by atoms with Gasteiger partial charge in [-0.3, -0.25) is 4.90 Å². The van der Waals surface area contributed by atoms with Crippen molar-refractivity contribution in [1.29, 1.82) is 0 Å². The molecule has 0 aliphatic carbocycles. The van der Waals surface area contributed by atoms with E-state index in [-0.39, 0.29) is 0 Å². The second-order valence-corrected chi connectivity index (χ2v) is 5.69. The molecule has 2 nitrogen and oxygen atoms in total. The van der Waals surface area contributed by atoms with Crippen molar-refractivity contribution in [2.75, 3.05) is 13.1 Å². The van der Waals surface area contributed by atoms with E-state index in [1.807, 2.05) is 11.3 Å². The number of rotatable bonds is 2. The molecule has 0 spiro atoms. The van der Waals surface area contributed by atoms with Gasteiger partial charge >= 0.3 is 0 Å². The Balaban J connectivity index is 1.97. The average Bonchev–Trinajstić information content (AvgIpc) is 2.50. The molecule has 1 saturated heterocycles. The van der Waals surface area contributed by atoms with Crippen LogP contribution >= 0.6 is 11.3 Å². The van der Waals surface area contributed by atoms with Crippen LogP contribution in [0.2, 0.25) is 0 Å². The van der Waals surface area contributed by atoms with E-state index in [0.29, 0.717) is 12.1 Å². The molecule has 3 heteroatoms. The Morgan fingerprint density at radius 2 is 2.07 bits per heavy atom. The minimum absolute atomic E-state index is 0.619.